The molecule has 0 saturated heterocycles. The van der Waals surface area contributed by atoms with Crippen LogP contribution in [0.5, 0.6) is 11.5 Å². The molecule has 1 N–H and O–H groups in total. The van der Waals surface area contributed by atoms with Crippen LogP contribution in [-0.4, -0.2) is 46.3 Å². The molecule has 0 heterocycles. The molecular formula is C24H39O7P. The number of methoxy groups -OCH3 is 3. The lowest BCUT2D eigenvalue weighted by Gasteiger charge is -2.26. The molecule has 1 aromatic rings. The number of benzene rings is 1. The smallest absolute Gasteiger partial charge is 0.363 e. The standard InChI is InChI=1S/C24H39O7P/c1-8-30-32(26,31-9-2)24(29-7)20-15-22(27-5)21(23(16-20)28-6)14-13-18(3)11-10-12-19(4)17-25/h12-13,15-16,24-25H,8-11,14,17H2,1-7H3. The van der Waals surface area contributed by atoms with Crippen molar-refractivity contribution in [3.63, 3.8) is 0 Å². The van der Waals surface area contributed by atoms with E-state index >= 15 is 0 Å². The highest BCUT2D eigenvalue weighted by Crippen LogP contribution is 2.61. The van der Waals surface area contributed by atoms with Gasteiger partial charge in [-0.05, 0) is 59.1 Å². The molecule has 0 saturated carbocycles. The van der Waals surface area contributed by atoms with Gasteiger partial charge in [0.05, 0.1) is 34.0 Å². The van der Waals surface area contributed by atoms with E-state index in [4.69, 9.17) is 28.4 Å². The van der Waals surface area contributed by atoms with Gasteiger partial charge in [-0.3, -0.25) is 4.57 Å². The van der Waals surface area contributed by atoms with Crippen LogP contribution in [0.25, 0.3) is 0 Å². The van der Waals surface area contributed by atoms with E-state index in [0.29, 0.717) is 23.5 Å². The zero-order chi connectivity index (χ0) is 24.1. The van der Waals surface area contributed by atoms with E-state index < -0.39 is 13.4 Å². The minimum absolute atomic E-state index is 0.0888. The maximum absolute atomic E-state index is 13.3. The summed E-state index contributed by atoms with van der Waals surface area (Å²) in [4.78, 5) is 0. The molecule has 182 valence electrons. The number of rotatable bonds is 15. The second kappa shape index (κ2) is 14.5. The van der Waals surface area contributed by atoms with Gasteiger partial charge in [0.25, 0.3) is 0 Å². The maximum Gasteiger partial charge on any atom is 0.363 e. The van der Waals surface area contributed by atoms with E-state index in [0.717, 1.165) is 24.0 Å². The molecule has 0 aliphatic carbocycles. The Bertz CT molecular complexity index is 782. The van der Waals surface area contributed by atoms with Crippen molar-refractivity contribution in [3.05, 3.63) is 46.6 Å². The average molecular weight is 471 g/mol. The van der Waals surface area contributed by atoms with Crippen molar-refractivity contribution < 1.29 is 32.9 Å². The third-order valence-electron chi connectivity index (χ3n) is 4.98. The van der Waals surface area contributed by atoms with Gasteiger partial charge in [-0.25, -0.2) is 0 Å². The molecule has 0 amide bonds. The first-order chi connectivity index (χ1) is 15.3. The molecule has 0 bridgehead atoms. The van der Waals surface area contributed by atoms with Gasteiger partial charge in [0, 0.05) is 18.2 Å². The van der Waals surface area contributed by atoms with E-state index in [1.54, 1.807) is 40.2 Å². The molecule has 7 nitrogen and oxygen atoms in total. The van der Waals surface area contributed by atoms with Crippen molar-refractivity contribution in [2.75, 3.05) is 41.2 Å². The van der Waals surface area contributed by atoms with Crippen molar-refractivity contribution >= 4 is 7.60 Å². The van der Waals surface area contributed by atoms with Crippen LogP contribution in [0.15, 0.2) is 35.4 Å². The fourth-order valence-corrected chi connectivity index (χ4v) is 5.16. The highest BCUT2D eigenvalue weighted by Gasteiger charge is 2.38. The fraction of sp³-hybridized carbons (Fsp3) is 0.583. The topological polar surface area (TPSA) is 83.5 Å². The molecule has 0 spiro atoms. The Morgan fingerprint density at radius 1 is 1.00 bits per heavy atom. The number of hydrogen-bond donors (Lipinski definition) is 1. The summed E-state index contributed by atoms with van der Waals surface area (Å²) >= 11 is 0. The van der Waals surface area contributed by atoms with Crippen molar-refractivity contribution in [1.29, 1.82) is 0 Å². The van der Waals surface area contributed by atoms with Crippen LogP contribution in [0.3, 0.4) is 0 Å². The van der Waals surface area contributed by atoms with Gasteiger partial charge in [0.15, 0.2) is 5.85 Å². The minimum Gasteiger partial charge on any atom is -0.496 e. The van der Waals surface area contributed by atoms with Gasteiger partial charge in [-0.1, -0.05) is 23.3 Å². The molecule has 32 heavy (non-hydrogen) atoms. The SMILES string of the molecule is CCOP(=O)(OCC)C(OC)c1cc(OC)c(CC=C(C)CCC=C(C)CO)c(OC)c1. The number of aliphatic hydroxyl groups is 1. The Morgan fingerprint density at radius 2 is 1.56 bits per heavy atom. The van der Waals surface area contributed by atoms with E-state index in [1.165, 1.54) is 12.7 Å². The molecule has 0 aliphatic heterocycles. The quantitative estimate of drug-likeness (QED) is 0.255. The summed E-state index contributed by atoms with van der Waals surface area (Å²) in [7, 11) is 1.10. The molecule has 0 fully saturated rings. The van der Waals surface area contributed by atoms with E-state index in [-0.39, 0.29) is 19.8 Å². The van der Waals surface area contributed by atoms with Crippen molar-refractivity contribution in [2.24, 2.45) is 0 Å². The lowest BCUT2D eigenvalue weighted by molar-refractivity contribution is 0.109. The lowest BCUT2D eigenvalue weighted by Crippen LogP contribution is -2.10. The van der Waals surface area contributed by atoms with Gasteiger partial charge in [-0.15, -0.1) is 0 Å². The van der Waals surface area contributed by atoms with Crippen molar-refractivity contribution in [1.82, 2.24) is 0 Å². The predicted molar refractivity (Wildman–Crippen MR) is 128 cm³/mol. The summed E-state index contributed by atoms with van der Waals surface area (Å²) in [6.45, 7) is 8.08. The van der Waals surface area contributed by atoms with E-state index in [1.807, 2.05) is 13.0 Å². The highest BCUT2D eigenvalue weighted by atomic mass is 31.2. The Morgan fingerprint density at radius 3 is 2.00 bits per heavy atom. The molecule has 8 heteroatoms. The molecule has 0 aromatic heterocycles. The first-order valence-corrected chi connectivity index (χ1v) is 12.5. The molecular weight excluding hydrogens is 431 g/mol. The molecule has 1 rings (SSSR count). The average Bonchev–Trinajstić information content (AvgIpc) is 2.77. The summed E-state index contributed by atoms with van der Waals surface area (Å²) in [6, 6.07) is 3.60. The predicted octanol–water partition coefficient (Wildman–Crippen LogP) is 5.82. The zero-order valence-electron chi connectivity index (χ0n) is 20.5. The van der Waals surface area contributed by atoms with Crippen LogP contribution in [-0.2, 0) is 24.8 Å². The highest BCUT2D eigenvalue weighted by molar-refractivity contribution is 7.54. The lowest BCUT2D eigenvalue weighted by atomic mass is 10.0. The number of allylic oxidation sites excluding steroid dienone is 3. The zero-order valence-corrected chi connectivity index (χ0v) is 21.4. The van der Waals surface area contributed by atoms with Crippen LogP contribution >= 0.6 is 7.60 Å². The first-order valence-electron chi connectivity index (χ1n) is 10.9. The van der Waals surface area contributed by atoms with Gasteiger partial charge in [0.1, 0.15) is 11.5 Å². The third kappa shape index (κ3) is 8.05. The van der Waals surface area contributed by atoms with Crippen LogP contribution in [0.1, 0.15) is 57.5 Å². The second-order valence-corrected chi connectivity index (χ2v) is 9.43. The Labute approximate surface area is 192 Å². The van der Waals surface area contributed by atoms with Crippen LogP contribution < -0.4 is 9.47 Å². The number of hydrogen-bond acceptors (Lipinski definition) is 7. The third-order valence-corrected chi connectivity index (χ3v) is 7.30. The maximum atomic E-state index is 13.3. The van der Waals surface area contributed by atoms with Crippen molar-refractivity contribution in [2.45, 2.75) is 52.8 Å². The Balaban J connectivity index is 3.25. The van der Waals surface area contributed by atoms with Gasteiger partial charge >= 0.3 is 7.60 Å². The first kappa shape index (κ1) is 28.4. The van der Waals surface area contributed by atoms with Gasteiger partial charge in [-0.2, -0.15) is 0 Å². The van der Waals surface area contributed by atoms with E-state index in [9.17, 15) is 4.57 Å². The Kier molecular flexibility index (Phi) is 12.9. The van der Waals surface area contributed by atoms with E-state index in [2.05, 4.69) is 13.0 Å². The van der Waals surface area contributed by atoms with Gasteiger partial charge < -0.3 is 28.4 Å². The second-order valence-electron chi connectivity index (χ2n) is 7.37. The molecule has 1 aromatic carbocycles. The monoisotopic (exact) mass is 470 g/mol. The van der Waals surface area contributed by atoms with Gasteiger partial charge in [0.2, 0.25) is 0 Å². The van der Waals surface area contributed by atoms with Crippen molar-refractivity contribution in [3.8, 4) is 11.5 Å². The number of ether oxygens (including phenoxy) is 3. The van der Waals surface area contributed by atoms with Crippen LogP contribution in [0.4, 0.5) is 0 Å². The molecule has 1 atom stereocenters. The molecule has 0 radical (unpaired) electrons. The minimum atomic E-state index is -3.55. The summed E-state index contributed by atoms with van der Waals surface area (Å²) < 4.78 is 41.2. The molecule has 0 aliphatic rings. The summed E-state index contributed by atoms with van der Waals surface area (Å²) in [5.74, 6) is 0.320. The summed E-state index contributed by atoms with van der Waals surface area (Å²) in [5.41, 5.74) is 3.69. The summed E-state index contributed by atoms with van der Waals surface area (Å²) in [6.07, 6.45) is 6.58. The molecule has 1 unspecified atom stereocenters. The van der Waals surface area contributed by atoms with Crippen LogP contribution in [0.2, 0.25) is 0 Å². The fourth-order valence-electron chi connectivity index (χ4n) is 3.32. The Hall–Kier alpha value is -1.63. The van der Waals surface area contributed by atoms with Crippen LogP contribution in [0, 0.1) is 0 Å². The largest absolute Gasteiger partial charge is 0.496 e. The number of aliphatic hydroxyl groups excluding tert-OH is 1. The summed E-state index contributed by atoms with van der Waals surface area (Å²) in [5, 5.41) is 9.10. The normalized spacial score (nSPS) is 13.9.